The third kappa shape index (κ3) is 1.57. The first-order chi connectivity index (χ1) is 9.15. The molecule has 0 saturated carbocycles. The van der Waals surface area contributed by atoms with E-state index < -0.39 is 0 Å². The van der Waals surface area contributed by atoms with E-state index in [1.807, 2.05) is 0 Å². The summed E-state index contributed by atoms with van der Waals surface area (Å²) in [5, 5.41) is 1.36. The van der Waals surface area contributed by atoms with Crippen LogP contribution < -0.4 is 5.73 Å². The molecule has 1 aromatic heterocycles. The van der Waals surface area contributed by atoms with Crippen LogP contribution in [0.15, 0.2) is 28.9 Å². The Bertz CT molecular complexity index is 701. The van der Waals surface area contributed by atoms with Crippen molar-refractivity contribution in [2.75, 3.05) is 13.6 Å². The van der Waals surface area contributed by atoms with Gasteiger partial charge in [0.1, 0.15) is 0 Å². The van der Waals surface area contributed by atoms with Crippen LogP contribution in [0.25, 0.3) is 16.5 Å². The number of likely N-dealkylation sites (N-methyl/N-ethyl adjacent to an activating group) is 1. The molecule has 1 aliphatic heterocycles. The van der Waals surface area contributed by atoms with Crippen molar-refractivity contribution in [1.82, 2.24) is 9.88 Å². The topological polar surface area (TPSA) is 45.0 Å². The van der Waals surface area contributed by atoms with E-state index in [-0.39, 0.29) is 6.04 Å². The van der Waals surface area contributed by atoms with Crippen LogP contribution in [0.3, 0.4) is 0 Å². The number of fused-ring (bicyclic) bond motifs is 2. The van der Waals surface area contributed by atoms with E-state index >= 15 is 0 Å². The van der Waals surface area contributed by atoms with E-state index in [1.54, 1.807) is 0 Å². The molecule has 1 aromatic carbocycles. The predicted octanol–water partition coefficient (Wildman–Crippen LogP) is 2.51. The molecule has 0 fully saturated rings. The Morgan fingerprint density at radius 1 is 1.42 bits per heavy atom. The summed E-state index contributed by atoms with van der Waals surface area (Å²) < 4.78 is 1.12. The van der Waals surface area contributed by atoms with Crippen molar-refractivity contribution in [3.05, 3.63) is 40.0 Å². The maximum absolute atomic E-state index is 6.15. The molecule has 19 heavy (non-hydrogen) atoms. The molecular weight excluding hydrogens is 302 g/mol. The normalized spacial score (nSPS) is 26.4. The molecule has 2 atom stereocenters. The number of aromatic nitrogens is 1. The molecule has 2 aromatic rings. The van der Waals surface area contributed by atoms with E-state index in [4.69, 9.17) is 5.73 Å². The van der Waals surface area contributed by atoms with Crippen molar-refractivity contribution >= 4 is 32.4 Å². The number of aromatic amines is 1. The van der Waals surface area contributed by atoms with Crippen LogP contribution in [0.4, 0.5) is 0 Å². The first kappa shape index (κ1) is 11.7. The van der Waals surface area contributed by atoms with Crippen LogP contribution >= 0.6 is 15.9 Å². The summed E-state index contributed by atoms with van der Waals surface area (Å²) >= 11 is 3.67. The number of hydrogen-bond acceptors (Lipinski definition) is 2. The van der Waals surface area contributed by atoms with Gasteiger partial charge >= 0.3 is 0 Å². The van der Waals surface area contributed by atoms with Crippen molar-refractivity contribution in [2.45, 2.75) is 18.5 Å². The molecule has 3 nitrogen and oxygen atoms in total. The molecule has 1 unspecified atom stereocenters. The lowest BCUT2D eigenvalue weighted by atomic mass is 9.81. The average Bonchev–Trinajstić information content (AvgIpc) is 2.69. The predicted molar refractivity (Wildman–Crippen MR) is 82.1 cm³/mol. The second-order valence-corrected chi connectivity index (χ2v) is 6.38. The highest BCUT2D eigenvalue weighted by molar-refractivity contribution is 9.10. The minimum atomic E-state index is 0.135. The number of rotatable bonds is 0. The van der Waals surface area contributed by atoms with Crippen molar-refractivity contribution in [3.8, 4) is 0 Å². The van der Waals surface area contributed by atoms with Gasteiger partial charge in [0.2, 0.25) is 0 Å². The van der Waals surface area contributed by atoms with Crippen LogP contribution in [-0.2, 0) is 6.42 Å². The number of H-pyrrole nitrogens is 1. The summed E-state index contributed by atoms with van der Waals surface area (Å²) in [6, 6.07) is 7.06. The third-order valence-corrected chi connectivity index (χ3v) is 5.04. The highest BCUT2D eigenvalue weighted by atomic mass is 79.9. The minimum absolute atomic E-state index is 0.135. The SMILES string of the molecule is CN1CC(N)C=C2c3cccc4[nH]c(Br)c(c34)C[C@H]21. The number of benzene rings is 1. The zero-order chi connectivity index (χ0) is 13.1. The molecule has 0 saturated heterocycles. The summed E-state index contributed by atoms with van der Waals surface area (Å²) in [7, 11) is 2.17. The Hall–Kier alpha value is -1.10. The van der Waals surface area contributed by atoms with Crippen LogP contribution in [0.5, 0.6) is 0 Å². The highest BCUT2D eigenvalue weighted by Gasteiger charge is 2.33. The fraction of sp³-hybridized carbons (Fsp3) is 0.333. The molecule has 4 rings (SSSR count). The lowest BCUT2D eigenvalue weighted by Gasteiger charge is -2.39. The molecule has 98 valence electrons. The molecule has 0 spiro atoms. The molecule has 3 N–H and O–H groups in total. The van der Waals surface area contributed by atoms with Gasteiger partial charge in [0.15, 0.2) is 0 Å². The van der Waals surface area contributed by atoms with Gasteiger partial charge in [0.25, 0.3) is 0 Å². The number of nitrogens with two attached hydrogens (primary N) is 1. The molecule has 4 heteroatoms. The van der Waals surface area contributed by atoms with Crippen molar-refractivity contribution < 1.29 is 0 Å². The number of nitrogens with one attached hydrogen (secondary N) is 1. The third-order valence-electron chi connectivity index (χ3n) is 4.37. The Balaban J connectivity index is 2.04. The van der Waals surface area contributed by atoms with Gasteiger partial charge in [-0.3, -0.25) is 4.90 Å². The Kier molecular flexibility index (Phi) is 2.43. The first-order valence-corrected chi connectivity index (χ1v) is 7.41. The van der Waals surface area contributed by atoms with E-state index in [0.29, 0.717) is 6.04 Å². The summed E-state index contributed by atoms with van der Waals surface area (Å²) in [6.45, 7) is 0.932. The Morgan fingerprint density at radius 3 is 3.11 bits per heavy atom. The van der Waals surface area contributed by atoms with E-state index in [0.717, 1.165) is 17.6 Å². The van der Waals surface area contributed by atoms with Gasteiger partial charge in [-0.2, -0.15) is 0 Å². The highest BCUT2D eigenvalue weighted by Crippen LogP contribution is 2.42. The molecule has 2 heterocycles. The summed E-state index contributed by atoms with van der Waals surface area (Å²) in [4.78, 5) is 5.81. The average molecular weight is 318 g/mol. The lowest BCUT2D eigenvalue weighted by Crippen LogP contribution is -2.47. The Morgan fingerprint density at radius 2 is 2.26 bits per heavy atom. The second kappa shape index (κ2) is 3.95. The monoisotopic (exact) mass is 317 g/mol. The zero-order valence-corrected chi connectivity index (χ0v) is 12.4. The van der Waals surface area contributed by atoms with Crippen LogP contribution in [0, 0.1) is 0 Å². The molecule has 2 aliphatic rings. The smallest absolute Gasteiger partial charge is 0.0864 e. The summed E-state index contributed by atoms with van der Waals surface area (Å²) in [6.07, 6.45) is 3.30. The van der Waals surface area contributed by atoms with Gasteiger partial charge in [-0.1, -0.05) is 18.2 Å². The molecular formula is C15H16BrN3. The van der Waals surface area contributed by atoms with Gasteiger partial charge in [-0.15, -0.1) is 0 Å². The fourth-order valence-corrected chi connectivity index (χ4v) is 4.11. The van der Waals surface area contributed by atoms with Crippen LogP contribution in [-0.4, -0.2) is 35.6 Å². The molecule has 1 aliphatic carbocycles. The van der Waals surface area contributed by atoms with E-state index in [1.165, 1.54) is 27.6 Å². The van der Waals surface area contributed by atoms with Gasteiger partial charge in [-0.25, -0.2) is 0 Å². The van der Waals surface area contributed by atoms with Crippen molar-refractivity contribution in [3.63, 3.8) is 0 Å². The quantitative estimate of drug-likeness (QED) is 0.784. The zero-order valence-electron chi connectivity index (χ0n) is 10.8. The second-order valence-electron chi connectivity index (χ2n) is 5.59. The molecule has 0 radical (unpaired) electrons. The number of nitrogens with zero attached hydrogens (tertiary/aromatic N) is 1. The van der Waals surface area contributed by atoms with Crippen LogP contribution in [0.2, 0.25) is 0 Å². The van der Waals surface area contributed by atoms with E-state index in [9.17, 15) is 0 Å². The first-order valence-electron chi connectivity index (χ1n) is 6.62. The number of hydrogen-bond donors (Lipinski definition) is 2. The van der Waals surface area contributed by atoms with Gasteiger partial charge in [-0.05, 0) is 52.2 Å². The maximum Gasteiger partial charge on any atom is 0.0864 e. The largest absolute Gasteiger partial charge is 0.349 e. The standard InChI is InChI=1S/C15H16BrN3/c1-19-7-8(17)5-10-9-3-2-4-12-14(9)11(6-13(10)19)15(16)18-12/h2-5,8,13,18H,6-7,17H2,1H3/t8?,13-/m1/s1. The summed E-state index contributed by atoms with van der Waals surface area (Å²) in [5.41, 5.74) is 11.5. The fourth-order valence-electron chi connectivity index (χ4n) is 3.54. The van der Waals surface area contributed by atoms with E-state index in [2.05, 4.69) is 57.1 Å². The van der Waals surface area contributed by atoms with Crippen LogP contribution in [0.1, 0.15) is 11.1 Å². The summed E-state index contributed by atoms with van der Waals surface area (Å²) in [5.74, 6) is 0. The minimum Gasteiger partial charge on any atom is -0.349 e. The van der Waals surface area contributed by atoms with Crippen molar-refractivity contribution in [2.24, 2.45) is 5.73 Å². The van der Waals surface area contributed by atoms with Gasteiger partial charge in [0, 0.05) is 29.5 Å². The van der Waals surface area contributed by atoms with Crippen molar-refractivity contribution in [1.29, 1.82) is 0 Å². The lowest BCUT2D eigenvalue weighted by molar-refractivity contribution is 0.268. The molecule has 0 bridgehead atoms. The number of halogens is 1. The maximum atomic E-state index is 6.15. The Labute approximate surface area is 120 Å². The van der Waals surface area contributed by atoms with Gasteiger partial charge in [0.05, 0.1) is 4.60 Å². The van der Waals surface area contributed by atoms with Gasteiger partial charge < -0.3 is 10.7 Å². The molecule has 0 amide bonds.